The second kappa shape index (κ2) is 48.1. The Bertz CT molecular complexity index is 7130. The number of rotatable bonds is 44. The van der Waals surface area contributed by atoms with E-state index in [1.807, 2.05) is 57.0 Å². The van der Waals surface area contributed by atoms with Gasteiger partial charge in [0, 0.05) is 258 Å². The van der Waals surface area contributed by atoms with Gasteiger partial charge in [-0.1, -0.05) is 0 Å². The van der Waals surface area contributed by atoms with E-state index in [9.17, 15) is 81.5 Å². The summed E-state index contributed by atoms with van der Waals surface area (Å²) in [6.07, 6.45) is 19.2. The number of amides is 17. The topological polar surface area (TPSA) is 589 Å². The molecule has 0 aromatic carbocycles. The van der Waals surface area contributed by atoms with Gasteiger partial charge in [0.1, 0.15) is 62.6 Å². The number of carbonyl (C=O) groups excluding carboxylic acids is 17. The highest BCUT2D eigenvalue weighted by molar-refractivity contribution is 6.12. The third-order valence-electron chi connectivity index (χ3n) is 23.2. The number of aryl methyl sites for hydroxylation is 12. The first-order chi connectivity index (χ1) is 70.2. The lowest BCUT2D eigenvalue weighted by Gasteiger charge is -2.22. The number of aromatic nitrogens is 13. The van der Waals surface area contributed by atoms with Crippen LogP contribution in [0.4, 0.5) is 68.4 Å². The van der Waals surface area contributed by atoms with Crippen molar-refractivity contribution in [3.05, 3.63) is 210 Å². The van der Waals surface area contributed by atoms with Crippen molar-refractivity contribution in [3.8, 4) is 0 Å². The Labute approximate surface area is 849 Å². The van der Waals surface area contributed by atoms with Crippen LogP contribution in [-0.2, 0) is 109 Å². The zero-order chi connectivity index (χ0) is 108. The predicted octanol–water partition coefficient (Wildman–Crippen LogP) is 4.63. The fourth-order valence-electron chi connectivity index (χ4n) is 15.9. The van der Waals surface area contributed by atoms with E-state index in [0.717, 1.165) is 13.0 Å². The van der Waals surface area contributed by atoms with Crippen LogP contribution >= 0.6 is 0 Å². The van der Waals surface area contributed by atoms with Crippen molar-refractivity contribution in [1.29, 1.82) is 0 Å². The second-order valence-corrected chi connectivity index (χ2v) is 36.0. The molecular weight excluding hydrogens is 1910 g/mol. The third-order valence-corrected chi connectivity index (χ3v) is 23.2. The van der Waals surface area contributed by atoms with Gasteiger partial charge >= 0.3 is 0 Å². The molecule has 0 radical (unpaired) electrons. The molecule has 0 saturated carbocycles. The Kier molecular flexibility index (Phi) is 35.2. The Morgan fingerprint density at radius 2 is 0.466 bits per heavy atom. The van der Waals surface area contributed by atoms with E-state index in [0.29, 0.717) is 46.6 Å². The fraction of sp³-hybridized carbons (Fsp3) is 0.330. The maximum absolute atomic E-state index is 13.6. The third kappa shape index (κ3) is 28.5. The summed E-state index contributed by atoms with van der Waals surface area (Å²) in [6, 6.07) is 16.3. The van der Waals surface area contributed by atoms with Crippen LogP contribution in [0.5, 0.6) is 0 Å². The standard InChI is InChI=1S/C97H122N34O17/c1-117(2)32-20-27-98-79(132)22-28-100-86(138)68-38-62(50-121(68)8)110-93(145)75-41-64(52-128(75)15)112-94(146)76-40-63(51-129(76)16)111-91(143)73-34-57(45-126(73)13)105-81(134)23-29-101-87(139)69-39-61(49-122(69)9)109-89(141)71-33-56(44-124(71)11)104-80(133)21-19-26-99-85(137)67-37-60(48-120(67)7)108-90(142)72-36-59(47-125(72)12)107-83(136)25-31-103-96(148)84-115-78(55-131(84)18)116-95(147)77-42-65(53-130(77)17)113-92(144)74-35-58(46-127(74)14)106-82(135)24-30-102-88(140)70-43-66(54-123(70)10)114-97(118(3)4)119(5)6/h33-55H,19-32H2,1-18H3,(H,98,132)(H,99,137)(H,100,138)(H,101,139)(H,102,140)(H,103,148)(H,104,133)(H,105,134)(H,106,135)(H,107,136)(H,108,142)(H,109,141)(H,110,145)(H,111,143)(H,112,146)(H,113,144)(H,116,147). The van der Waals surface area contributed by atoms with E-state index in [1.54, 1.807) is 124 Å². The van der Waals surface area contributed by atoms with Gasteiger partial charge in [0.2, 0.25) is 41.3 Å². The van der Waals surface area contributed by atoms with Crippen molar-refractivity contribution >= 4 is 175 Å². The normalized spacial score (nSPS) is 11.0. The minimum atomic E-state index is -0.654. The first-order valence-corrected chi connectivity index (χ1v) is 46.7. The minimum Gasteiger partial charge on any atom is -0.356 e. The highest BCUT2D eigenvalue weighted by atomic mass is 16.2. The smallest absolute Gasteiger partial charge is 0.287 e. The lowest BCUT2D eigenvalue weighted by Crippen LogP contribution is -2.35. The molecule has 0 aliphatic rings. The molecule has 0 bridgehead atoms. The lowest BCUT2D eigenvalue weighted by molar-refractivity contribution is -0.121. The zero-order valence-corrected chi connectivity index (χ0v) is 85.2. The van der Waals surface area contributed by atoms with Gasteiger partial charge in [0.25, 0.3) is 70.9 Å². The number of anilines is 11. The first-order valence-electron chi connectivity index (χ1n) is 46.7. The monoisotopic (exact) mass is 2030 g/mol. The van der Waals surface area contributed by atoms with Crippen LogP contribution in [0.15, 0.2) is 146 Å². The van der Waals surface area contributed by atoms with Crippen molar-refractivity contribution in [1.82, 2.24) is 106 Å². The van der Waals surface area contributed by atoms with Crippen molar-refractivity contribution in [3.63, 3.8) is 0 Å². The maximum atomic E-state index is 13.6. The number of nitrogens with one attached hydrogen (secondary N) is 17. The summed E-state index contributed by atoms with van der Waals surface area (Å²) in [5.74, 6) is -7.78. The quantitative estimate of drug-likeness (QED) is 0.0141. The van der Waals surface area contributed by atoms with E-state index in [4.69, 9.17) is 0 Å². The molecule has 782 valence electrons. The van der Waals surface area contributed by atoms with E-state index >= 15 is 0 Å². The summed E-state index contributed by atoms with van der Waals surface area (Å²) < 4.78 is 18.1. The second-order valence-electron chi connectivity index (χ2n) is 36.0. The van der Waals surface area contributed by atoms with Gasteiger partial charge in [0.05, 0.1) is 62.6 Å². The Morgan fingerprint density at radius 1 is 0.236 bits per heavy atom. The van der Waals surface area contributed by atoms with Crippen LogP contribution in [0.1, 0.15) is 171 Å². The SMILES string of the molecule is CN(C)CCCNC(=O)CCNC(=O)c1cc(NC(=O)c2cc(NC(=O)c3cc(NC(=O)c4cc(NC(=O)CCNC(=O)c5cc(NC(=O)c6cc(NC(=O)CCCNC(=O)c7cc(NC(=O)c8cc(NC(=O)CCNC(=O)c9nc(NC(=O)c%10cc(NC(=O)c%11cc(NC(=O)CCNC(=O)c%12cc(N=C(N(C)C)N(C)C)cn%12C)cn%11C)cn%10C)cn9C)cn8C)cn7C)cn6C)cn5C)cn4C)cn3C)cn2C)cn1C. The zero-order valence-electron chi connectivity index (χ0n) is 85.2. The number of carbonyl (C=O) groups is 17. The molecule has 12 aromatic rings. The summed E-state index contributed by atoms with van der Waals surface area (Å²) in [5, 5.41) is 46.7. The lowest BCUT2D eigenvalue weighted by atomic mass is 10.2. The van der Waals surface area contributed by atoms with Crippen molar-refractivity contribution in [2.45, 2.75) is 44.9 Å². The molecule has 0 fully saturated rings. The van der Waals surface area contributed by atoms with Gasteiger partial charge in [-0.25, -0.2) is 9.98 Å². The van der Waals surface area contributed by atoms with Gasteiger partial charge in [0.15, 0.2) is 5.82 Å². The number of imidazole rings is 1. The minimum absolute atomic E-state index is 0.0155. The molecule has 0 aliphatic carbocycles. The molecular formula is C97H122N34O17. The molecule has 51 heteroatoms. The van der Waals surface area contributed by atoms with E-state index in [2.05, 4.69) is 100 Å². The predicted molar refractivity (Wildman–Crippen MR) is 553 cm³/mol. The number of nitrogens with zero attached hydrogens (tertiary/aromatic N) is 17. The summed E-state index contributed by atoms with van der Waals surface area (Å²) in [7, 11) is 30.7. The van der Waals surface area contributed by atoms with Gasteiger partial charge in [-0.3, -0.25) is 81.5 Å². The summed E-state index contributed by atoms with van der Waals surface area (Å²) in [6.45, 7) is 1.39. The molecule has 0 atom stereocenters. The Morgan fingerprint density at radius 3 is 0.750 bits per heavy atom. The number of hydrogen-bond acceptors (Lipinski definition) is 20. The Balaban J connectivity index is 0.506. The highest BCUT2D eigenvalue weighted by Crippen LogP contribution is 2.28. The van der Waals surface area contributed by atoms with Crippen molar-refractivity contribution < 1.29 is 81.5 Å². The van der Waals surface area contributed by atoms with E-state index in [1.165, 1.54) is 157 Å². The molecule has 0 aliphatic heterocycles. The first kappa shape index (κ1) is 108. The number of aliphatic imine (C=N–C) groups is 1. The average Bonchev–Trinajstić information content (AvgIpc) is 1.93. The van der Waals surface area contributed by atoms with Crippen molar-refractivity contribution in [2.75, 3.05) is 147 Å². The van der Waals surface area contributed by atoms with Crippen LogP contribution < -0.4 is 90.4 Å². The Hall–Kier alpha value is -18.5. The van der Waals surface area contributed by atoms with Gasteiger partial charge in [-0.05, 0) is 100 Å². The van der Waals surface area contributed by atoms with Crippen LogP contribution in [0.2, 0.25) is 0 Å². The van der Waals surface area contributed by atoms with Crippen LogP contribution in [-0.4, -0.2) is 269 Å². The maximum Gasteiger partial charge on any atom is 0.287 e. The molecule has 12 aromatic heterocycles. The molecule has 148 heavy (non-hydrogen) atoms. The highest BCUT2D eigenvalue weighted by Gasteiger charge is 2.28. The summed E-state index contributed by atoms with van der Waals surface area (Å²) in [5.41, 5.74) is 5.61. The molecule has 51 nitrogen and oxygen atoms in total. The van der Waals surface area contributed by atoms with E-state index < -0.39 is 88.6 Å². The van der Waals surface area contributed by atoms with E-state index in [-0.39, 0.29) is 186 Å². The number of guanidine groups is 1. The molecule has 17 N–H and O–H groups in total. The number of hydrogen-bond donors (Lipinski definition) is 17. The van der Waals surface area contributed by atoms with Crippen LogP contribution in [0.25, 0.3) is 0 Å². The molecule has 17 amide bonds. The van der Waals surface area contributed by atoms with Gasteiger partial charge in [-0.2, -0.15) is 0 Å². The van der Waals surface area contributed by atoms with Crippen molar-refractivity contribution in [2.24, 2.45) is 89.6 Å². The van der Waals surface area contributed by atoms with Crippen LogP contribution in [0.3, 0.4) is 0 Å². The largest absolute Gasteiger partial charge is 0.356 e. The molecule has 0 spiro atoms. The molecule has 12 rings (SSSR count). The fourth-order valence-corrected chi connectivity index (χ4v) is 15.9. The summed E-state index contributed by atoms with van der Waals surface area (Å²) in [4.78, 5) is 240. The molecule has 0 unspecified atom stereocenters. The van der Waals surface area contributed by atoms with Crippen LogP contribution in [0, 0.1) is 0 Å². The summed E-state index contributed by atoms with van der Waals surface area (Å²) >= 11 is 0. The van der Waals surface area contributed by atoms with Gasteiger partial charge < -0.3 is 160 Å². The van der Waals surface area contributed by atoms with Gasteiger partial charge in [-0.15, -0.1) is 0 Å². The molecule has 12 heterocycles. The average molecular weight is 2040 g/mol. The molecule has 0 saturated heterocycles.